The summed E-state index contributed by atoms with van der Waals surface area (Å²) in [4.78, 5) is 28.9. The van der Waals surface area contributed by atoms with E-state index in [1.807, 2.05) is 13.8 Å². The van der Waals surface area contributed by atoms with Crippen LogP contribution in [-0.4, -0.2) is 150 Å². The molecule has 4 saturated carbocycles. The zero-order valence-electron chi connectivity index (χ0n) is 34.4. The number of carbonyl (C=O) groups excluding carboxylic acids is 2. The number of fused-ring (bicyclic) bond motifs is 7. The molecule has 0 amide bonds. The molecule has 0 aromatic rings. The van der Waals surface area contributed by atoms with Gasteiger partial charge in [-0.3, -0.25) is 9.59 Å². The summed E-state index contributed by atoms with van der Waals surface area (Å²) >= 11 is 0. The van der Waals surface area contributed by atoms with Crippen LogP contribution in [0.25, 0.3) is 0 Å². The van der Waals surface area contributed by atoms with E-state index in [0.717, 1.165) is 5.57 Å². The number of ether oxygens (including phenoxy) is 4. The SMILES string of the molecule is CC1(C)CC[C@]2(C(=O)O[C@H]3O[C@@H](CO)[C@H](O)[C@@H](O)[C@@H]3O)CC[C@@]3(C)C(=CC[C@H]4[C@@]5(C)CC[C@@H](O)[C@](C)(C(=O)O[C@H]6O[C@@H](CO)[C@H](O)[C@@H](O)[C@@H]6O)[C@@H]5CC[C@]43C)[C@H]2[C@H]1O. The fraction of sp³-hybridized carbons (Fsp3) is 0.905. The van der Waals surface area contributed by atoms with Crippen molar-refractivity contribution < 1.29 is 79.6 Å². The lowest BCUT2D eigenvalue weighted by atomic mass is 9.33. The molecular formula is C42H66O16. The molecule has 0 spiro atoms. The Kier molecular flexibility index (Phi) is 11.4. The van der Waals surface area contributed by atoms with Gasteiger partial charge in [0.05, 0.1) is 36.3 Å². The number of aliphatic hydroxyl groups excluding tert-OH is 10. The second-order valence-electron chi connectivity index (χ2n) is 20.4. The molecule has 6 fully saturated rings. The number of carbonyl (C=O) groups is 2. The van der Waals surface area contributed by atoms with Crippen molar-refractivity contribution in [2.24, 2.45) is 50.2 Å². The molecule has 0 radical (unpaired) electrons. The van der Waals surface area contributed by atoms with E-state index in [0.29, 0.717) is 51.4 Å². The van der Waals surface area contributed by atoms with Crippen molar-refractivity contribution in [2.75, 3.05) is 13.2 Å². The first-order valence-electron chi connectivity index (χ1n) is 21.1. The lowest BCUT2D eigenvalue weighted by Gasteiger charge is -2.71. The van der Waals surface area contributed by atoms with Crippen LogP contribution in [0, 0.1) is 50.2 Å². The second-order valence-corrected chi connectivity index (χ2v) is 20.4. The van der Waals surface area contributed by atoms with E-state index in [2.05, 4.69) is 26.8 Å². The molecule has 2 saturated heterocycles. The maximum absolute atomic E-state index is 14.6. The van der Waals surface area contributed by atoms with Gasteiger partial charge in [-0.05, 0) is 98.2 Å². The van der Waals surface area contributed by atoms with Gasteiger partial charge in [-0.15, -0.1) is 0 Å². The van der Waals surface area contributed by atoms with Gasteiger partial charge in [0.15, 0.2) is 0 Å². The fourth-order valence-electron chi connectivity index (χ4n) is 13.3. The zero-order chi connectivity index (χ0) is 42.7. The Morgan fingerprint density at radius 2 is 1.19 bits per heavy atom. The Bertz CT molecular complexity index is 1620. The molecule has 16 nitrogen and oxygen atoms in total. The molecule has 0 unspecified atom stereocenters. The maximum Gasteiger partial charge on any atom is 0.317 e. The van der Waals surface area contributed by atoms with E-state index in [1.165, 1.54) is 0 Å². The van der Waals surface area contributed by atoms with Gasteiger partial charge in [-0.2, -0.15) is 0 Å². The van der Waals surface area contributed by atoms with Crippen molar-refractivity contribution in [1.29, 1.82) is 0 Å². The summed E-state index contributed by atoms with van der Waals surface area (Å²) in [7, 11) is 0. The van der Waals surface area contributed by atoms with E-state index in [9.17, 15) is 60.7 Å². The van der Waals surface area contributed by atoms with Crippen LogP contribution in [0.5, 0.6) is 0 Å². The first kappa shape index (κ1) is 44.3. The molecule has 2 heterocycles. The summed E-state index contributed by atoms with van der Waals surface area (Å²) in [5.41, 5.74) is -3.70. The third kappa shape index (κ3) is 6.13. The average molecular weight is 827 g/mol. The van der Waals surface area contributed by atoms with Gasteiger partial charge in [0.2, 0.25) is 12.6 Å². The summed E-state index contributed by atoms with van der Waals surface area (Å²) < 4.78 is 22.7. The van der Waals surface area contributed by atoms with Gasteiger partial charge in [0.1, 0.15) is 48.8 Å². The topological polar surface area (TPSA) is 273 Å². The molecule has 10 N–H and O–H groups in total. The van der Waals surface area contributed by atoms with Crippen molar-refractivity contribution in [3.8, 4) is 0 Å². The van der Waals surface area contributed by atoms with Crippen molar-refractivity contribution >= 4 is 11.9 Å². The molecule has 0 bridgehead atoms. The van der Waals surface area contributed by atoms with Crippen LogP contribution < -0.4 is 0 Å². The van der Waals surface area contributed by atoms with Crippen LogP contribution in [0.1, 0.15) is 99.3 Å². The first-order chi connectivity index (χ1) is 27.0. The van der Waals surface area contributed by atoms with Crippen LogP contribution in [0.3, 0.4) is 0 Å². The summed E-state index contributed by atoms with van der Waals surface area (Å²) in [6.45, 7) is 10.9. The lowest BCUT2D eigenvalue weighted by molar-refractivity contribution is -0.301. The van der Waals surface area contributed by atoms with Gasteiger partial charge in [0, 0.05) is 5.92 Å². The van der Waals surface area contributed by atoms with Crippen molar-refractivity contribution in [2.45, 2.75) is 173 Å². The predicted molar refractivity (Wildman–Crippen MR) is 200 cm³/mol. The Labute approximate surface area is 339 Å². The van der Waals surface area contributed by atoms with E-state index in [-0.39, 0.29) is 18.3 Å². The second kappa shape index (κ2) is 14.9. The molecule has 2 aliphatic heterocycles. The van der Waals surface area contributed by atoms with Crippen LogP contribution in [0.15, 0.2) is 11.6 Å². The molecule has 0 aromatic carbocycles. The highest BCUT2D eigenvalue weighted by molar-refractivity contribution is 5.79. The van der Waals surface area contributed by atoms with Crippen molar-refractivity contribution in [3.05, 3.63) is 11.6 Å². The van der Waals surface area contributed by atoms with Crippen LogP contribution in [0.4, 0.5) is 0 Å². The Morgan fingerprint density at radius 3 is 1.74 bits per heavy atom. The number of allylic oxidation sites excluding steroid dienone is 1. The highest BCUT2D eigenvalue weighted by atomic mass is 16.7. The number of hydrogen-bond donors (Lipinski definition) is 10. The average Bonchev–Trinajstić information content (AvgIpc) is 3.18. The van der Waals surface area contributed by atoms with E-state index < -0.39 is 137 Å². The minimum absolute atomic E-state index is 0.0123. The van der Waals surface area contributed by atoms with Crippen molar-refractivity contribution in [1.82, 2.24) is 0 Å². The maximum atomic E-state index is 14.6. The largest absolute Gasteiger partial charge is 0.432 e. The van der Waals surface area contributed by atoms with Gasteiger partial charge < -0.3 is 70.0 Å². The monoisotopic (exact) mass is 826 g/mol. The number of esters is 2. The van der Waals surface area contributed by atoms with Gasteiger partial charge in [0.25, 0.3) is 0 Å². The summed E-state index contributed by atoms with van der Waals surface area (Å²) in [6, 6.07) is 0. The lowest BCUT2D eigenvalue weighted by Crippen LogP contribution is -2.68. The summed E-state index contributed by atoms with van der Waals surface area (Å²) in [5, 5.41) is 106. The Balaban J connectivity index is 1.20. The highest BCUT2D eigenvalue weighted by Gasteiger charge is 2.72. The van der Waals surface area contributed by atoms with Gasteiger partial charge >= 0.3 is 11.9 Å². The van der Waals surface area contributed by atoms with E-state index in [1.54, 1.807) is 6.92 Å². The Hall–Kier alpha value is -1.80. The third-order valence-electron chi connectivity index (χ3n) is 17.5. The van der Waals surface area contributed by atoms with Crippen LogP contribution in [-0.2, 0) is 28.5 Å². The normalized spacial score (nSPS) is 53.8. The molecule has 5 aliphatic carbocycles. The third-order valence-corrected chi connectivity index (χ3v) is 17.5. The molecule has 7 aliphatic rings. The highest BCUT2D eigenvalue weighted by Crippen LogP contribution is 2.76. The molecule has 7 rings (SSSR count). The number of hydrogen-bond acceptors (Lipinski definition) is 16. The zero-order valence-corrected chi connectivity index (χ0v) is 34.4. The first-order valence-corrected chi connectivity index (χ1v) is 21.1. The standard InChI is InChI=1S/C42H66O16/c1-37(2)13-15-42(36(54)58-34-31(51)29(49)27(47)21(18-44)56-34)16-14-39(4)19(25(42)32(37)52)7-8-22-38(3)11-10-24(45)41(6,23(38)9-12-40(22,39)5)35(53)57-33-30(50)28(48)26(46)20(17-43)55-33/h7,20-34,43-52H,8-18H2,1-6H3/t20-,21-,22-,23+,24+,25-,26-,27-,28+,29+,30-,31-,32+,33+,34+,38+,39-,40+,41+,42-/m0/s1. The molecule has 58 heavy (non-hydrogen) atoms. The summed E-state index contributed by atoms with van der Waals surface area (Å²) in [6.07, 6.45) is -11.6. The minimum atomic E-state index is -1.79. The van der Waals surface area contributed by atoms with E-state index >= 15 is 0 Å². The van der Waals surface area contributed by atoms with Crippen LogP contribution >= 0.6 is 0 Å². The van der Waals surface area contributed by atoms with Gasteiger partial charge in [-0.25, -0.2) is 0 Å². The summed E-state index contributed by atoms with van der Waals surface area (Å²) in [5.74, 6) is -2.55. The molecule has 20 atom stereocenters. The fourth-order valence-corrected chi connectivity index (χ4v) is 13.3. The van der Waals surface area contributed by atoms with E-state index in [4.69, 9.17) is 18.9 Å². The predicted octanol–water partition coefficient (Wildman–Crippen LogP) is -0.214. The minimum Gasteiger partial charge on any atom is -0.432 e. The molecular weight excluding hydrogens is 760 g/mol. The Morgan fingerprint density at radius 1 is 0.655 bits per heavy atom. The molecule has 330 valence electrons. The number of aliphatic hydroxyl groups is 10. The molecule has 16 heteroatoms. The quantitative estimate of drug-likeness (QED) is 0.123. The van der Waals surface area contributed by atoms with Crippen molar-refractivity contribution in [3.63, 3.8) is 0 Å². The molecule has 0 aromatic heterocycles. The van der Waals surface area contributed by atoms with Crippen LogP contribution in [0.2, 0.25) is 0 Å². The smallest absolute Gasteiger partial charge is 0.317 e. The number of rotatable bonds is 6. The van der Waals surface area contributed by atoms with Gasteiger partial charge in [-0.1, -0.05) is 46.3 Å².